The van der Waals surface area contributed by atoms with Gasteiger partial charge in [-0.25, -0.2) is 4.98 Å². The number of hydrogen-bond donors (Lipinski definition) is 1. The van der Waals surface area contributed by atoms with Crippen LogP contribution in [0.4, 0.5) is 5.69 Å². The number of nitrogens with one attached hydrogen (secondary N) is 1. The smallest absolute Gasteiger partial charge is 0.253 e. The molecule has 0 radical (unpaired) electrons. The summed E-state index contributed by atoms with van der Waals surface area (Å²) in [5.74, 6) is -0.0528. The van der Waals surface area contributed by atoms with Gasteiger partial charge in [0, 0.05) is 59.1 Å². The lowest BCUT2D eigenvalue weighted by Gasteiger charge is -2.31. The molecule has 0 aliphatic carbocycles. The first-order chi connectivity index (χ1) is 15.0. The minimum absolute atomic E-state index is 0.0141. The van der Waals surface area contributed by atoms with Crippen molar-refractivity contribution in [3.8, 4) is 0 Å². The summed E-state index contributed by atoms with van der Waals surface area (Å²) in [6, 6.07) is 15.2. The third-order valence-corrected chi connectivity index (χ3v) is 6.96. The number of halogens is 1. The highest BCUT2D eigenvalue weighted by Crippen LogP contribution is 2.27. The minimum atomic E-state index is -0.0874. The fourth-order valence-electron chi connectivity index (χ4n) is 3.53. The van der Waals surface area contributed by atoms with Gasteiger partial charge in [0.2, 0.25) is 5.91 Å². The molecule has 1 N–H and O–H groups in total. The van der Waals surface area contributed by atoms with E-state index in [0.29, 0.717) is 31.5 Å². The summed E-state index contributed by atoms with van der Waals surface area (Å²) in [6.45, 7) is 1.18. The van der Waals surface area contributed by atoms with E-state index in [9.17, 15) is 9.59 Å². The van der Waals surface area contributed by atoms with E-state index in [1.807, 2.05) is 71.2 Å². The molecule has 1 aliphatic heterocycles. The van der Waals surface area contributed by atoms with Crippen molar-refractivity contribution in [2.45, 2.75) is 22.9 Å². The Morgan fingerprint density at radius 1 is 1.06 bits per heavy atom. The second-order valence-electron chi connectivity index (χ2n) is 7.51. The minimum Gasteiger partial charge on any atom is -0.339 e. The van der Waals surface area contributed by atoms with Crippen LogP contribution in [0.1, 0.15) is 23.2 Å². The maximum Gasteiger partial charge on any atom is 0.253 e. The van der Waals surface area contributed by atoms with Crippen LogP contribution >= 0.6 is 27.7 Å². The van der Waals surface area contributed by atoms with E-state index in [1.54, 1.807) is 18.0 Å². The molecular weight excluding hydrogens is 476 g/mol. The number of benzene rings is 2. The van der Waals surface area contributed by atoms with Gasteiger partial charge in [0.25, 0.3) is 5.91 Å². The molecule has 4 rings (SSSR count). The van der Waals surface area contributed by atoms with Crippen LogP contribution in [0.15, 0.2) is 75.4 Å². The molecule has 1 aliphatic rings. The lowest BCUT2D eigenvalue weighted by atomic mass is 9.95. The van der Waals surface area contributed by atoms with Crippen LogP contribution < -0.4 is 5.32 Å². The number of hydrogen-bond acceptors (Lipinski definition) is 4. The lowest BCUT2D eigenvalue weighted by Crippen LogP contribution is -2.41. The summed E-state index contributed by atoms with van der Waals surface area (Å²) in [4.78, 5) is 32.5. The highest BCUT2D eigenvalue weighted by Gasteiger charge is 2.27. The quantitative estimate of drug-likeness (QED) is 0.547. The number of carbonyl (C=O) groups is 2. The second-order valence-corrected chi connectivity index (χ2v) is 9.47. The van der Waals surface area contributed by atoms with Crippen molar-refractivity contribution in [2.75, 3.05) is 18.4 Å². The van der Waals surface area contributed by atoms with Crippen molar-refractivity contribution >= 4 is 45.2 Å². The normalized spacial score (nSPS) is 14.5. The van der Waals surface area contributed by atoms with Gasteiger partial charge >= 0.3 is 0 Å². The molecule has 2 amide bonds. The van der Waals surface area contributed by atoms with E-state index in [0.717, 1.165) is 20.2 Å². The summed E-state index contributed by atoms with van der Waals surface area (Å²) in [6.07, 6.45) is 5.02. The summed E-state index contributed by atoms with van der Waals surface area (Å²) in [5.41, 5.74) is 1.46. The molecule has 2 aromatic carbocycles. The Hall–Kier alpha value is -2.58. The van der Waals surface area contributed by atoms with E-state index >= 15 is 0 Å². The number of imidazole rings is 1. The zero-order chi connectivity index (χ0) is 21.8. The first-order valence-corrected chi connectivity index (χ1v) is 11.7. The first kappa shape index (κ1) is 21.6. The van der Waals surface area contributed by atoms with Crippen LogP contribution in [0, 0.1) is 5.92 Å². The molecule has 0 atom stereocenters. The molecule has 160 valence electrons. The third kappa shape index (κ3) is 5.37. The predicted molar refractivity (Wildman–Crippen MR) is 125 cm³/mol. The molecular formula is C23H23BrN4O2S. The van der Waals surface area contributed by atoms with Gasteiger partial charge in [-0.3, -0.25) is 9.59 Å². The number of aromatic nitrogens is 2. The van der Waals surface area contributed by atoms with Crippen LogP contribution in [0.25, 0.3) is 0 Å². The predicted octanol–water partition coefficient (Wildman–Crippen LogP) is 4.82. The van der Waals surface area contributed by atoms with Crippen molar-refractivity contribution in [1.82, 2.24) is 14.5 Å². The van der Waals surface area contributed by atoms with E-state index in [4.69, 9.17) is 0 Å². The number of carbonyl (C=O) groups excluding carboxylic acids is 2. The molecule has 0 bridgehead atoms. The molecule has 1 saturated heterocycles. The fourth-order valence-corrected chi connectivity index (χ4v) is 4.59. The maximum atomic E-state index is 12.7. The van der Waals surface area contributed by atoms with Crippen LogP contribution in [-0.2, 0) is 11.8 Å². The summed E-state index contributed by atoms with van der Waals surface area (Å²) in [7, 11) is 1.96. The Morgan fingerprint density at radius 2 is 1.74 bits per heavy atom. The van der Waals surface area contributed by atoms with E-state index in [2.05, 4.69) is 26.2 Å². The summed E-state index contributed by atoms with van der Waals surface area (Å²) in [5, 5.41) is 3.93. The van der Waals surface area contributed by atoms with Gasteiger partial charge in [0.15, 0.2) is 5.16 Å². The maximum absolute atomic E-state index is 12.7. The van der Waals surface area contributed by atoms with Gasteiger partial charge in [-0.2, -0.15) is 0 Å². The monoisotopic (exact) mass is 498 g/mol. The van der Waals surface area contributed by atoms with E-state index in [1.165, 1.54) is 0 Å². The molecule has 3 aromatic rings. The van der Waals surface area contributed by atoms with Gasteiger partial charge in [0.05, 0.1) is 0 Å². The van der Waals surface area contributed by atoms with Gasteiger partial charge in [-0.15, -0.1) is 0 Å². The van der Waals surface area contributed by atoms with Crippen molar-refractivity contribution < 1.29 is 9.59 Å². The van der Waals surface area contributed by atoms with E-state index < -0.39 is 0 Å². The Morgan fingerprint density at radius 3 is 2.35 bits per heavy atom. The first-order valence-electron chi connectivity index (χ1n) is 10.1. The zero-order valence-corrected chi connectivity index (χ0v) is 19.5. The van der Waals surface area contributed by atoms with Crippen molar-refractivity contribution in [3.63, 3.8) is 0 Å². The summed E-state index contributed by atoms with van der Waals surface area (Å²) < 4.78 is 2.91. The lowest BCUT2D eigenvalue weighted by molar-refractivity contribution is -0.121. The average Bonchev–Trinajstić information content (AvgIpc) is 3.19. The highest BCUT2D eigenvalue weighted by molar-refractivity contribution is 9.10. The fraction of sp³-hybridized carbons (Fsp3) is 0.261. The molecule has 6 nitrogen and oxygen atoms in total. The topological polar surface area (TPSA) is 67.2 Å². The highest BCUT2D eigenvalue weighted by atomic mass is 79.9. The molecule has 0 spiro atoms. The Labute approximate surface area is 194 Å². The molecule has 1 fully saturated rings. The molecule has 31 heavy (non-hydrogen) atoms. The number of rotatable bonds is 5. The second kappa shape index (κ2) is 9.70. The number of anilines is 1. The van der Waals surface area contributed by atoms with Crippen LogP contribution in [0.5, 0.6) is 0 Å². The van der Waals surface area contributed by atoms with Gasteiger partial charge in [-0.1, -0.05) is 27.7 Å². The average molecular weight is 499 g/mol. The Bertz CT molecular complexity index is 1060. The van der Waals surface area contributed by atoms with Crippen LogP contribution in [-0.4, -0.2) is 39.4 Å². The zero-order valence-electron chi connectivity index (χ0n) is 17.1. The molecule has 0 unspecified atom stereocenters. The van der Waals surface area contributed by atoms with E-state index in [-0.39, 0.29) is 17.7 Å². The molecule has 0 saturated carbocycles. The third-order valence-electron chi connectivity index (χ3n) is 5.35. The number of nitrogens with zero attached hydrogens (tertiary/aromatic N) is 3. The van der Waals surface area contributed by atoms with Crippen LogP contribution in [0.2, 0.25) is 0 Å². The van der Waals surface area contributed by atoms with Gasteiger partial charge in [-0.05, 0) is 61.4 Å². The van der Waals surface area contributed by atoms with Crippen LogP contribution in [0.3, 0.4) is 0 Å². The SMILES string of the molecule is Cn1ccnc1Sc1ccc(NC(=O)C2CCN(C(=O)c3ccc(Br)cc3)CC2)cc1. The van der Waals surface area contributed by atoms with Crippen molar-refractivity contribution in [1.29, 1.82) is 0 Å². The number of likely N-dealkylation sites (tertiary alicyclic amines) is 1. The van der Waals surface area contributed by atoms with Crippen molar-refractivity contribution in [3.05, 3.63) is 71.0 Å². The summed E-state index contributed by atoms with van der Waals surface area (Å²) >= 11 is 4.96. The Kier molecular flexibility index (Phi) is 6.77. The molecule has 1 aromatic heterocycles. The van der Waals surface area contributed by atoms with Gasteiger partial charge < -0.3 is 14.8 Å². The largest absolute Gasteiger partial charge is 0.339 e. The van der Waals surface area contributed by atoms with Gasteiger partial charge in [0.1, 0.15) is 0 Å². The standard InChI is InChI=1S/C23H23BrN4O2S/c1-27-15-12-25-23(27)31-20-8-6-19(7-9-20)26-21(29)16-10-13-28(14-11-16)22(30)17-2-4-18(24)5-3-17/h2-9,12,15-16H,10-11,13-14H2,1H3,(H,26,29). The molecule has 2 heterocycles. The number of amides is 2. The number of piperidine rings is 1. The Balaban J connectivity index is 1.28. The van der Waals surface area contributed by atoms with Crippen molar-refractivity contribution in [2.24, 2.45) is 13.0 Å². The molecule has 8 heteroatoms. The number of aryl methyl sites for hydroxylation is 1.